The number of carbonyl (C=O) groups excluding carboxylic acids is 1. The molecule has 1 saturated heterocycles. The monoisotopic (exact) mass is 449 g/mol. The topological polar surface area (TPSA) is 84.2 Å². The van der Waals surface area contributed by atoms with E-state index in [1.807, 2.05) is 18.2 Å². The lowest BCUT2D eigenvalue weighted by atomic mass is 10.2. The fraction of sp³-hybridized carbons (Fsp3) is 0.280. The third-order valence-corrected chi connectivity index (χ3v) is 5.44. The molecule has 8 heteroatoms. The summed E-state index contributed by atoms with van der Waals surface area (Å²) in [4.78, 5) is 29.1. The van der Waals surface area contributed by atoms with Gasteiger partial charge in [0.05, 0.1) is 13.7 Å². The van der Waals surface area contributed by atoms with Crippen LogP contribution < -0.4 is 25.1 Å². The number of ether oxygens (including phenoxy) is 2. The fourth-order valence-electron chi connectivity index (χ4n) is 3.69. The standard InChI is InChI=1S/C25H27N3O5/c1-31-21-9-5-6-19(14-21)26-25(30)18-33-24-17-32-22(15-23(24)29)16-27-10-12-28(13-11-27)20-7-3-2-4-8-20/h2-9,14-15,17H,10-13,16,18H2,1H3,(H,26,30). The van der Waals surface area contributed by atoms with E-state index in [1.54, 1.807) is 31.4 Å². The lowest BCUT2D eigenvalue weighted by Gasteiger charge is -2.35. The van der Waals surface area contributed by atoms with Crippen molar-refractivity contribution >= 4 is 17.3 Å². The molecule has 0 aliphatic carbocycles. The van der Waals surface area contributed by atoms with Gasteiger partial charge in [0.1, 0.15) is 17.8 Å². The Morgan fingerprint density at radius 2 is 1.82 bits per heavy atom. The first-order valence-electron chi connectivity index (χ1n) is 10.8. The zero-order valence-corrected chi connectivity index (χ0v) is 18.5. The third-order valence-electron chi connectivity index (χ3n) is 5.44. The van der Waals surface area contributed by atoms with Crippen molar-refractivity contribution in [2.75, 3.05) is 50.1 Å². The molecule has 3 aromatic rings. The summed E-state index contributed by atoms with van der Waals surface area (Å²) in [5.74, 6) is 0.823. The average Bonchev–Trinajstić information content (AvgIpc) is 2.85. The molecule has 172 valence electrons. The van der Waals surface area contributed by atoms with E-state index >= 15 is 0 Å². The lowest BCUT2D eigenvalue weighted by Crippen LogP contribution is -2.46. The molecule has 0 bridgehead atoms. The zero-order chi connectivity index (χ0) is 23.0. The number of anilines is 2. The number of hydrogen-bond donors (Lipinski definition) is 1. The van der Waals surface area contributed by atoms with E-state index in [2.05, 4.69) is 27.2 Å². The molecule has 4 rings (SSSR count). The smallest absolute Gasteiger partial charge is 0.262 e. The molecule has 1 aliphatic rings. The van der Waals surface area contributed by atoms with Gasteiger partial charge in [-0.25, -0.2) is 0 Å². The summed E-state index contributed by atoms with van der Waals surface area (Å²) in [5.41, 5.74) is 1.49. The first-order valence-corrected chi connectivity index (χ1v) is 10.8. The van der Waals surface area contributed by atoms with Crippen LogP contribution in [0.4, 0.5) is 11.4 Å². The molecule has 33 heavy (non-hydrogen) atoms. The lowest BCUT2D eigenvalue weighted by molar-refractivity contribution is -0.118. The minimum absolute atomic E-state index is 0.00781. The number of benzene rings is 2. The summed E-state index contributed by atoms with van der Waals surface area (Å²) in [5, 5.41) is 2.70. The number of carbonyl (C=O) groups is 1. The summed E-state index contributed by atoms with van der Waals surface area (Å²) in [6.45, 7) is 3.83. The van der Waals surface area contributed by atoms with Gasteiger partial charge in [0.15, 0.2) is 6.61 Å². The average molecular weight is 450 g/mol. The van der Waals surface area contributed by atoms with E-state index in [0.29, 0.717) is 23.7 Å². The molecule has 1 fully saturated rings. The number of piperazine rings is 1. The van der Waals surface area contributed by atoms with Gasteiger partial charge in [0.25, 0.3) is 5.91 Å². The molecule has 0 spiro atoms. The number of methoxy groups -OCH3 is 1. The second-order valence-corrected chi connectivity index (χ2v) is 7.74. The second kappa shape index (κ2) is 10.7. The minimum Gasteiger partial charge on any atom is -0.497 e. The van der Waals surface area contributed by atoms with Gasteiger partial charge in [-0.05, 0) is 24.3 Å². The predicted molar refractivity (Wildman–Crippen MR) is 126 cm³/mol. The van der Waals surface area contributed by atoms with Gasteiger partial charge in [-0.2, -0.15) is 0 Å². The van der Waals surface area contributed by atoms with Crippen LogP contribution in [0.5, 0.6) is 11.5 Å². The van der Waals surface area contributed by atoms with Crippen LogP contribution in [0.1, 0.15) is 5.76 Å². The normalized spacial score (nSPS) is 14.0. The summed E-state index contributed by atoms with van der Waals surface area (Å²) in [6.07, 6.45) is 1.27. The Kier molecular flexibility index (Phi) is 7.26. The number of hydrogen-bond acceptors (Lipinski definition) is 7. The van der Waals surface area contributed by atoms with Crippen molar-refractivity contribution in [1.82, 2.24) is 4.90 Å². The van der Waals surface area contributed by atoms with E-state index in [4.69, 9.17) is 13.9 Å². The SMILES string of the molecule is COc1cccc(NC(=O)COc2coc(CN3CCN(c4ccccc4)CC3)cc2=O)c1. The minimum atomic E-state index is -0.386. The highest BCUT2D eigenvalue weighted by atomic mass is 16.5. The Bertz CT molecular complexity index is 1120. The highest BCUT2D eigenvalue weighted by molar-refractivity contribution is 5.92. The molecule has 0 unspecified atom stereocenters. The number of para-hydroxylation sites is 1. The van der Waals surface area contributed by atoms with Crippen molar-refractivity contribution in [3.8, 4) is 11.5 Å². The van der Waals surface area contributed by atoms with Crippen LogP contribution in [0, 0.1) is 0 Å². The highest BCUT2D eigenvalue weighted by Gasteiger charge is 2.18. The Morgan fingerprint density at radius 1 is 1.03 bits per heavy atom. The van der Waals surface area contributed by atoms with Gasteiger partial charge < -0.3 is 24.1 Å². The molecular weight excluding hydrogens is 422 g/mol. The van der Waals surface area contributed by atoms with E-state index in [0.717, 1.165) is 26.2 Å². The van der Waals surface area contributed by atoms with Crippen molar-refractivity contribution in [3.05, 3.63) is 82.9 Å². The fourth-order valence-corrected chi connectivity index (χ4v) is 3.69. The number of nitrogens with zero attached hydrogens (tertiary/aromatic N) is 2. The van der Waals surface area contributed by atoms with Crippen molar-refractivity contribution in [2.24, 2.45) is 0 Å². The Balaban J connectivity index is 1.26. The molecule has 1 amide bonds. The molecule has 0 atom stereocenters. The molecular formula is C25H27N3O5. The molecule has 0 radical (unpaired) electrons. The van der Waals surface area contributed by atoms with E-state index in [9.17, 15) is 9.59 Å². The molecule has 2 heterocycles. The van der Waals surface area contributed by atoms with Crippen LogP contribution in [0.15, 0.2) is 76.1 Å². The van der Waals surface area contributed by atoms with E-state index < -0.39 is 0 Å². The van der Waals surface area contributed by atoms with Crippen LogP contribution in [0.25, 0.3) is 0 Å². The first kappa shape index (κ1) is 22.4. The Morgan fingerprint density at radius 3 is 2.55 bits per heavy atom. The third kappa shape index (κ3) is 6.14. The van der Waals surface area contributed by atoms with Crippen LogP contribution in [-0.4, -0.2) is 50.7 Å². The molecule has 2 aromatic carbocycles. The van der Waals surface area contributed by atoms with Gasteiger partial charge in [-0.1, -0.05) is 24.3 Å². The number of amides is 1. The zero-order valence-electron chi connectivity index (χ0n) is 18.5. The van der Waals surface area contributed by atoms with Gasteiger partial charge in [0.2, 0.25) is 11.2 Å². The summed E-state index contributed by atoms with van der Waals surface area (Å²) in [6, 6.07) is 18.7. The van der Waals surface area contributed by atoms with Crippen molar-refractivity contribution in [3.63, 3.8) is 0 Å². The quantitative estimate of drug-likeness (QED) is 0.566. The molecule has 0 saturated carbocycles. The maximum absolute atomic E-state index is 12.4. The molecule has 8 nitrogen and oxygen atoms in total. The van der Waals surface area contributed by atoms with Crippen LogP contribution >= 0.6 is 0 Å². The molecule has 1 N–H and O–H groups in total. The second-order valence-electron chi connectivity index (χ2n) is 7.74. The van der Waals surface area contributed by atoms with Gasteiger partial charge in [0, 0.05) is 49.7 Å². The summed E-state index contributed by atoms with van der Waals surface area (Å²) >= 11 is 0. The Hall–Kier alpha value is -3.78. The maximum Gasteiger partial charge on any atom is 0.262 e. The number of rotatable bonds is 8. The van der Waals surface area contributed by atoms with Crippen LogP contribution in [-0.2, 0) is 11.3 Å². The Labute approximate surface area is 192 Å². The maximum atomic E-state index is 12.4. The van der Waals surface area contributed by atoms with Crippen LogP contribution in [0.3, 0.4) is 0 Å². The van der Waals surface area contributed by atoms with E-state index in [1.165, 1.54) is 18.0 Å². The summed E-state index contributed by atoms with van der Waals surface area (Å²) < 4.78 is 16.1. The van der Waals surface area contributed by atoms with Gasteiger partial charge in [-0.15, -0.1) is 0 Å². The number of nitrogens with one attached hydrogen (secondary N) is 1. The van der Waals surface area contributed by atoms with Crippen molar-refractivity contribution in [2.45, 2.75) is 6.54 Å². The highest BCUT2D eigenvalue weighted by Crippen LogP contribution is 2.18. The molecule has 1 aliphatic heterocycles. The van der Waals surface area contributed by atoms with Gasteiger partial charge >= 0.3 is 0 Å². The van der Waals surface area contributed by atoms with Crippen molar-refractivity contribution in [1.29, 1.82) is 0 Å². The predicted octanol–water partition coefficient (Wildman–Crippen LogP) is 2.99. The van der Waals surface area contributed by atoms with Gasteiger partial charge in [-0.3, -0.25) is 14.5 Å². The largest absolute Gasteiger partial charge is 0.497 e. The first-order chi connectivity index (χ1) is 16.1. The van der Waals surface area contributed by atoms with Crippen LogP contribution in [0.2, 0.25) is 0 Å². The molecule has 1 aromatic heterocycles. The van der Waals surface area contributed by atoms with Crippen molar-refractivity contribution < 1.29 is 18.7 Å². The van der Waals surface area contributed by atoms with E-state index in [-0.39, 0.29) is 23.7 Å². The summed E-state index contributed by atoms with van der Waals surface area (Å²) in [7, 11) is 1.55.